The maximum Gasteiger partial charge on any atom is 0.139 e. The summed E-state index contributed by atoms with van der Waals surface area (Å²) in [5.74, 6) is 2.57. The molecule has 1 aromatic carbocycles. The molecule has 1 heteroatoms. The van der Waals surface area contributed by atoms with Gasteiger partial charge >= 0.3 is 0 Å². The molecule has 0 saturated heterocycles. The lowest BCUT2D eigenvalue weighted by atomic mass is 9.95. The lowest BCUT2D eigenvalue weighted by Gasteiger charge is -2.08. The van der Waals surface area contributed by atoms with E-state index in [9.17, 15) is 4.79 Å². The molecule has 0 N–H and O–H groups in total. The van der Waals surface area contributed by atoms with Gasteiger partial charge < -0.3 is 0 Å². The Hall–Kier alpha value is -1.11. The Labute approximate surface area is 103 Å². The van der Waals surface area contributed by atoms with Gasteiger partial charge in [0.25, 0.3) is 0 Å². The van der Waals surface area contributed by atoms with E-state index in [2.05, 4.69) is 31.2 Å². The maximum atomic E-state index is 12.3. The number of rotatable bonds is 3. The van der Waals surface area contributed by atoms with E-state index < -0.39 is 0 Å². The minimum atomic E-state index is 0.340. The van der Waals surface area contributed by atoms with E-state index in [0.29, 0.717) is 23.5 Å². The number of carbonyl (C=O) groups is 1. The Morgan fingerprint density at radius 2 is 1.88 bits per heavy atom. The summed E-state index contributed by atoms with van der Waals surface area (Å²) in [5.41, 5.74) is 1.36. The second kappa shape index (κ2) is 4.29. The van der Waals surface area contributed by atoms with Crippen molar-refractivity contribution in [2.24, 2.45) is 17.8 Å². The smallest absolute Gasteiger partial charge is 0.139 e. The highest BCUT2D eigenvalue weighted by Crippen LogP contribution is 2.50. The highest BCUT2D eigenvalue weighted by Gasteiger charge is 2.46. The lowest BCUT2D eigenvalue weighted by molar-refractivity contribution is -0.124. The van der Waals surface area contributed by atoms with Gasteiger partial charge in [0.2, 0.25) is 0 Å². The largest absolute Gasteiger partial charge is 0.299 e. The van der Waals surface area contributed by atoms with Gasteiger partial charge in [0, 0.05) is 11.8 Å². The van der Waals surface area contributed by atoms with Crippen LogP contribution < -0.4 is 0 Å². The van der Waals surface area contributed by atoms with Crippen LogP contribution in [0, 0.1) is 17.8 Å². The molecule has 0 spiro atoms. The first-order valence-corrected chi connectivity index (χ1v) is 6.84. The molecule has 2 aliphatic carbocycles. The summed E-state index contributed by atoms with van der Waals surface area (Å²) in [6, 6.07) is 10.5. The van der Waals surface area contributed by atoms with Crippen LogP contribution in [0.4, 0.5) is 0 Å². The predicted octanol–water partition coefficient (Wildman–Crippen LogP) is 3.80. The SMILES string of the molecule is CC1CCC(C(=O)C2CC2c2ccccc2)C1. The first-order chi connectivity index (χ1) is 8.25. The molecular formula is C16H20O. The summed E-state index contributed by atoms with van der Waals surface area (Å²) in [4.78, 5) is 12.3. The molecule has 0 aromatic heterocycles. The van der Waals surface area contributed by atoms with Crippen molar-refractivity contribution in [1.29, 1.82) is 0 Å². The standard InChI is InChI=1S/C16H20O/c1-11-7-8-13(9-11)16(17)15-10-14(15)12-5-3-2-4-6-12/h2-6,11,13-15H,7-10H2,1H3. The normalized spacial score (nSPS) is 35.8. The van der Waals surface area contributed by atoms with Gasteiger partial charge in [-0.15, -0.1) is 0 Å². The molecule has 0 heterocycles. The highest BCUT2D eigenvalue weighted by atomic mass is 16.1. The zero-order chi connectivity index (χ0) is 11.8. The third kappa shape index (κ3) is 2.15. The molecule has 1 nitrogen and oxygen atoms in total. The molecule has 2 aliphatic rings. The molecule has 4 atom stereocenters. The summed E-state index contributed by atoms with van der Waals surface area (Å²) in [6.07, 6.45) is 4.61. The van der Waals surface area contributed by atoms with Crippen molar-refractivity contribution in [2.45, 2.75) is 38.5 Å². The van der Waals surface area contributed by atoms with Gasteiger partial charge in [-0.1, -0.05) is 37.3 Å². The van der Waals surface area contributed by atoms with Crippen molar-refractivity contribution in [1.82, 2.24) is 0 Å². The van der Waals surface area contributed by atoms with Crippen LogP contribution in [-0.4, -0.2) is 5.78 Å². The van der Waals surface area contributed by atoms with E-state index in [0.717, 1.165) is 25.2 Å². The number of Topliss-reactive ketones (excluding diaryl/α,β-unsaturated/α-hetero) is 1. The minimum Gasteiger partial charge on any atom is -0.299 e. The summed E-state index contributed by atoms with van der Waals surface area (Å²) in [6.45, 7) is 2.27. The predicted molar refractivity (Wildman–Crippen MR) is 68.8 cm³/mol. The number of hydrogen-bond acceptors (Lipinski definition) is 1. The van der Waals surface area contributed by atoms with Crippen LogP contribution in [-0.2, 0) is 4.79 Å². The van der Waals surface area contributed by atoms with Crippen molar-refractivity contribution in [3.8, 4) is 0 Å². The van der Waals surface area contributed by atoms with Crippen LogP contribution in [0.3, 0.4) is 0 Å². The first kappa shape index (κ1) is 11.0. The van der Waals surface area contributed by atoms with Crippen LogP contribution in [0.25, 0.3) is 0 Å². The molecule has 90 valence electrons. The minimum absolute atomic E-state index is 0.340. The monoisotopic (exact) mass is 228 g/mol. The van der Waals surface area contributed by atoms with Gasteiger partial charge in [-0.3, -0.25) is 4.79 Å². The van der Waals surface area contributed by atoms with E-state index >= 15 is 0 Å². The van der Waals surface area contributed by atoms with Crippen molar-refractivity contribution < 1.29 is 4.79 Å². The van der Waals surface area contributed by atoms with Crippen molar-refractivity contribution >= 4 is 5.78 Å². The van der Waals surface area contributed by atoms with Crippen LogP contribution in [0.5, 0.6) is 0 Å². The Kier molecular flexibility index (Phi) is 2.78. The number of ketones is 1. The van der Waals surface area contributed by atoms with Crippen molar-refractivity contribution in [2.75, 3.05) is 0 Å². The molecule has 3 rings (SSSR count). The molecule has 0 radical (unpaired) electrons. The number of hydrogen-bond donors (Lipinski definition) is 0. The van der Waals surface area contributed by atoms with Gasteiger partial charge in [0.1, 0.15) is 5.78 Å². The van der Waals surface area contributed by atoms with Gasteiger partial charge in [-0.05, 0) is 43.1 Å². The van der Waals surface area contributed by atoms with E-state index in [-0.39, 0.29) is 0 Å². The third-order valence-electron chi connectivity index (χ3n) is 4.48. The van der Waals surface area contributed by atoms with E-state index in [1.54, 1.807) is 0 Å². The number of carbonyl (C=O) groups excluding carboxylic acids is 1. The zero-order valence-electron chi connectivity index (χ0n) is 10.4. The third-order valence-corrected chi connectivity index (χ3v) is 4.48. The summed E-state index contributed by atoms with van der Waals surface area (Å²) < 4.78 is 0. The van der Waals surface area contributed by atoms with Crippen LogP contribution in [0.15, 0.2) is 30.3 Å². The molecule has 1 aromatic rings. The summed E-state index contributed by atoms with van der Waals surface area (Å²) in [7, 11) is 0. The van der Waals surface area contributed by atoms with Crippen LogP contribution in [0.1, 0.15) is 44.1 Å². The van der Waals surface area contributed by atoms with Crippen molar-refractivity contribution in [3.63, 3.8) is 0 Å². The fourth-order valence-corrected chi connectivity index (χ4v) is 3.35. The Balaban J connectivity index is 1.63. The molecule has 17 heavy (non-hydrogen) atoms. The molecule has 0 amide bonds. The van der Waals surface area contributed by atoms with Crippen molar-refractivity contribution in [3.05, 3.63) is 35.9 Å². The van der Waals surface area contributed by atoms with Gasteiger partial charge in [-0.2, -0.15) is 0 Å². The summed E-state index contributed by atoms with van der Waals surface area (Å²) in [5, 5.41) is 0. The maximum absolute atomic E-state index is 12.3. The van der Waals surface area contributed by atoms with Gasteiger partial charge in [0.05, 0.1) is 0 Å². The topological polar surface area (TPSA) is 17.1 Å². The molecule has 2 fully saturated rings. The second-order valence-electron chi connectivity index (χ2n) is 5.88. The fraction of sp³-hybridized carbons (Fsp3) is 0.562. The first-order valence-electron chi connectivity index (χ1n) is 6.84. The van der Waals surface area contributed by atoms with E-state index in [4.69, 9.17) is 0 Å². The zero-order valence-corrected chi connectivity index (χ0v) is 10.4. The Bertz CT molecular complexity index is 409. The molecule has 0 aliphatic heterocycles. The van der Waals surface area contributed by atoms with E-state index in [1.165, 1.54) is 12.0 Å². The van der Waals surface area contributed by atoms with Gasteiger partial charge in [-0.25, -0.2) is 0 Å². The average Bonchev–Trinajstić information content (AvgIpc) is 3.05. The molecular weight excluding hydrogens is 208 g/mol. The average molecular weight is 228 g/mol. The highest BCUT2D eigenvalue weighted by molar-refractivity contribution is 5.87. The summed E-state index contributed by atoms with van der Waals surface area (Å²) >= 11 is 0. The number of benzene rings is 1. The fourth-order valence-electron chi connectivity index (χ4n) is 3.35. The quantitative estimate of drug-likeness (QED) is 0.769. The molecule has 4 unspecified atom stereocenters. The molecule has 0 bridgehead atoms. The van der Waals surface area contributed by atoms with Gasteiger partial charge in [0.15, 0.2) is 0 Å². The molecule has 2 saturated carbocycles. The van der Waals surface area contributed by atoms with E-state index in [1.807, 2.05) is 6.07 Å². The lowest BCUT2D eigenvalue weighted by Crippen LogP contribution is -2.14. The second-order valence-corrected chi connectivity index (χ2v) is 5.88. The Morgan fingerprint density at radius 3 is 2.53 bits per heavy atom. The van der Waals surface area contributed by atoms with Crippen LogP contribution >= 0.6 is 0 Å². The Morgan fingerprint density at radius 1 is 1.12 bits per heavy atom. The van der Waals surface area contributed by atoms with Crippen LogP contribution in [0.2, 0.25) is 0 Å².